The molecular formula is C4H8Cl3N. The minimum atomic E-state index is -1.19. The Morgan fingerprint density at radius 2 is 1.88 bits per heavy atom. The summed E-state index contributed by atoms with van der Waals surface area (Å²) in [5.41, 5.74) is 5.33. The molecule has 1 unspecified atom stereocenters. The number of hydrogen-bond acceptors (Lipinski definition) is 1. The lowest BCUT2D eigenvalue weighted by molar-refractivity contribution is 0.680. The molecule has 2 N–H and O–H groups in total. The van der Waals surface area contributed by atoms with Gasteiger partial charge < -0.3 is 5.73 Å². The van der Waals surface area contributed by atoms with E-state index in [1.165, 1.54) is 0 Å². The van der Waals surface area contributed by atoms with Crippen LogP contribution in [0.25, 0.3) is 0 Å². The Bertz CT molecular complexity index is 66.2. The van der Waals surface area contributed by atoms with Crippen molar-refractivity contribution in [1.29, 1.82) is 0 Å². The minimum absolute atomic E-state index is 0.0532. The summed E-state index contributed by atoms with van der Waals surface area (Å²) in [5, 5.41) is 0. The van der Waals surface area contributed by atoms with Gasteiger partial charge in [-0.15, -0.1) is 0 Å². The lowest BCUT2D eigenvalue weighted by Crippen LogP contribution is -2.21. The highest BCUT2D eigenvalue weighted by Gasteiger charge is 2.20. The molecule has 0 aromatic heterocycles. The fourth-order valence-corrected chi connectivity index (χ4v) is 1.10. The SMILES string of the molecule is CC(N)CC(Cl)(Cl)Cl. The molecule has 0 amide bonds. The third kappa shape index (κ3) is 6.83. The summed E-state index contributed by atoms with van der Waals surface area (Å²) >= 11 is 16.1. The van der Waals surface area contributed by atoms with Gasteiger partial charge in [-0.1, -0.05) is 34.8 Å². The highest BCUT2D eigenvalue weighted by molar-refractivity contribution is 6.67. The van der Waals surface area contributed by atoms with Gasteiger partial charge in [-0.05, 0) is 6.92 Å². The van der Waals surface area contributed by atoms with Crippen LogP contribution in [0.2, 0.25) is 0 Å². The molecule has 0 spiro atoms. The minimum Gasteiger partial charge on any atom is -0.328 e. The van der Waals surface area contributed by atoms with Crippen LogP contribution in [0.15, 0.2) is 0 Å². The summed E-state index contributed by atoms with van der Waals surface area (Å²) in [6, 6.07) is -0.0532. The summed E-state index contributed by atoms with van der Waals surface area (Å²) < 4.78 is -1.19. The van der Waals surface area contributed by atoms with Crippen molar-refractivity contribution in [2.24, 2.45) is 5.73 Å². The molecule has 0 saturated heterocycles. The van der Waals surface area contributed by atoms with E-state index >= 15 is 0 Å². The topological polar surface area (TPSA) is 26.0 Å². The van der Waals surface area contributed by atoms with Crippen LogP contribution in [0.1, 0.15) is 13.3 Å². The van der Waals surface area contributed by atoms with E-state index in [4.69, 9.17) is 40.5 Å². The largest absolute Gasteiger partial charge is 0.328 e. The molecule has 8 heavy (non-hydrogen) atoms. The molecule has 0 rings (SSSR count). The average Bonchev–Trinajstić information content (AvgIpc) is 1.21. The van der Waals surface area contributed by atoms with E-state index in [0.717, 1.165) is 0 Å². The van der Waals surface area contributed by atoms with Crippen LogP contribution in [0.3, 0.4) is 0 Å². The van der Waals surface area contributed by atoms with Crippen molar-refractivity contribution in [1.82, 2.24) is 0 Å². The Hall–Kier alpha value is 0.830. The third-order valence-corrected chi connectivity index (χ3v) is 1.02. The van der Waals surface area contributed by atoms with Crippen molar-refractivity contribution in [3.05, 3.63) is 0 Å². The Morgan fingerprint density at radius 1 is 1.50 bits per heavy atom. The van der Waals surface area contributed by atoms with Crippen molar-refractivity contribution >= 4 is 34.8 Å². The van der Waals surface area contributed by atoms with Crippen molar-refractivity contribution < 1.29 is 0 Å². The van der Waals surface area contributed by atoms with Crippen LogP contribution in [-0.4, -0.2) is 9.83 Å². The fraction of sp³-hybridized carbons (Fsp3) is 1.00. The molecule has 1 atom stereocenters. The maximum Gasteiger partial charge on any atom is 0.192 e. The van der Waals surface area contributed by atoms with E-state index in [9.17, 15) is 0 Å². The van der Waals surface area contributed by atoms with Gasteiger partial charge in [-0.3, -0.25) is 0 Å². The zero-order valence-corrected chi connectivity index (χ0v) is 6.76. The van der Waals surface area contributed by atoms with Crippen LogP contribution in [-0.2, 0) is 0 Å². The van der Waals surface area contributed by atoms with E-state index < -0.39 is 3.79 Å². The van der Waals surface area contributed by atoms with Crippen molar-refractivity contribution in [3.63, 3.8) is 0 Å². The Morgan fingerprint density at radius 3 is 1.88 bits per heavy atom. The van der Waals surface area contributed by atoms with Gasteiger partial charge in [0, 0.05) is 12.5 Å². The van der Waals surface area contributed by atoms with Crippen LogP contribution < -0.4 is 5.73 Å². The van der Waals surface area contributed by atoms with Gasteiger partial charge in [-0.2, -0.15) is 0 Å². The summed E-state index contributed by atoms with van der Waals surface area (Å²) in [7, 11) is 0. The third-order valence-electron chi connectivity index (χ3n) is 0.553. The molecule has 0 aliphatic rings. The summed E-state index contributed by atoms with van der Waals surface area (Å²) in [4.78, 5) is 0. The second-order valence-electron chi connectivity index (χ2n) is 1.80. The first kappa shape index (κ1) is 8.83. The van der Waals surface area contributed by atoms with Crippen LogP contribution in [0.4, 0.5) is 0 Å². The predicted molar refractivity (Wildman–Crippen MR) is 38.6 cm³/mol. The number of halogens is 3. The van der Waals surface area contributed by atoms with E-state index in [-0.39, 0.29) is 6.04 Å². The molecular weight excluding hydrogens is 168 g/mol. The highest BCUT2D eigenvalue weighted by atomic mass is 35.6. The molecule has 1 nitrogen and oxygen atoms in total. The highest BCUT2D eigenvalue weighted by Crippen LogP contribution is 2.30. The molecule has 0 saturated carbocycles. The van der Waals surface area contributed by atoms with Crippen molar-refractivity contribution in [2.75, 3.05) is 0 Å². The average molecular weight is 176 g/mol. The number of nitrogens with two attached hydrogens (primary N) is 1. The first-order chi connectivity index (χ1) is 3.42. The zero-order chi connectivity index (χ0) is 6.78. The number of alkyl halides is 3. The maximum atomic E-state index is 5.38. The molecule has 0 aliphatic carbocycles. The zero-order valence-electron chi connectivity index (χ0n) is 4.50. The number of rotatable bonds is 1. The first-order valence-corrected chi connectivity index (χ1v) is 3.37. The van der Waals surface area contributed by atoms with Gasteiger partial charge in [0.2, 0.25) is 0 Å². The summed E-state index contributed by atoms with van der Waals surface area (Å²) in [5.74, 6) is 0. The van der Waals surface area contributed by atoms with Crippen LogP contribution in [0.5, 0.6) is 0 Å². The Kier molecular flexibility index (Phi) is 3.44. The van der Waals surface area contributed by atoms with E-state index in [1.54, 1.807) is 6.92 Å². The Balaban J connectivity index is 3.39. The van der Waals surface area contributed by atoms with Gasteiger partial charge in [-0.25, -0.2) is 0 Å². The van der Waals surface area contributed by atoms with E-state index in [2.05, 4.69) is 0 Å². The molecule has 4 heteroatoms. The number of hydrogen-bond donors (Lipinski definition) is 1. The molecule has 0 aliphatic heterocycles. The second kappa shape index (κ2) is 3.11. The monoisotopic (exact) mass is 175 g/mol. The molecule has 0 bridgehead atoms. The normalized spacial score (nSPS) is 16.1. The first-order valence-electron chi connectivity index (χ1n) is 2.24. The predicted octanol–water partition coefficient (Wildman–Crippen LogP) is 2.09. The van der Waals surface area contributed by atoms with Crippen molar-refractivity contribution in [3.8, 4) is 0 Å². The Labute approximate surface area is 64.1 Å². The van der Waals surface area contributed by atoms with Gasteiger partial charge in [0.05, 0.1) is 0 Å². The second-order valence-corrected chi connectivity index (χ2v) is 4.31. The van der Waals surface area contributed by atoms with E-state index in [0.29, 0.717) is 6.42 Å². The van der Waals surface area contributed by atoms with Crippen LogP contribution >= 0.6 is 34.8 Å². The molecule has 0 fully saturated rings. The van der Waals surface area contributed by atoms with Gasteiger partial charge in [0.25, 0.3) is 0 Å². The molecule has 0 radical (unpaired) electrons. The molecule has 0 aromatic rings. The molecule has 50 valence electrons. The summed E-state index contributed by atoms with van der Waals surface area (Å²) in [6.45, 7) is 1.79. The summed E-state index contributed by atoms with van der Waals surface area (Å²) in [6.07, 6.45) is 0.400. The smallest absolute Gasteiger partial charge is 0.192 e. The molecule has 0 aromatic carbocycles. The fourth-order valence-electron chi connectivity index (χ4n) is 0.365. The van der Waals surface area contributed by atoms with Gasteiger partial charge in [0.1, 0.15) is 0 Å². The van der Waals surface area contributed by atoms with Gasteiger partial charge in [0.15, 0.2) is 3.79 Å². The van der Waals surface area contributed by atoms with Crippen LogP contribution in [0, 0.1) is 0 Å². The van der Waals surface area contributed by atoms with Gasteiger partial charge >= 0.3 is 0 Å². The van der Waals surface area contributed by atoms with E-state index in [1.807, 2.05) is 0 Å². The lowest BCUT2D eigenvalue weighted by Gasteiger charge is -2.12. The lowest BCUT2D eigenvalue weighted by atomic mass is 10.3. The quantitative estimate of drug-likeness (QED) is 0.609. The standard InChI is InChI=1S/C4H8Cl3N/c1-3(8)2-4(5,6)7/h3H,2,8H2,1H3. The maximum absolute atomic E-state index is 5.38. The van der Waals surface area contributed by atoms with Crippen molar-refractivity contribution in [2.45, 2.75) is 23.2 Å². The molecule has 0 heterocycles.